The summed E-state index contributed by atoms with van der Waals surface area (Å²) >= 11 is 0. The molecule has 0 aromatic heterocycles. The molecule has 3 rings (SSSR count). The minimum atomic E-state index is -1.20. The quantitative estimate of drug-likeness (QED) is 0.744. The van der Waals surface area contributed by atoms with Gasteiger partial charge < -0.3 is 20.0 Å². The maximum atomic E-state index is 14.2. The number of ether oxygens (including phenoxy) is 2. The summed E-state index contributed by atoms with van der Waals surface area (Å²) in [6.45, 7) is 2.63. The van der Waals surface area contributed by atoms with Crippen LogP contribution < -0.4 is 15.2 Å². The molecule has 6 nitrogen and oxygen atoms in total. The highest BCUT2D eigenvalue weighted by Crippen LogP contribution is 2.29. The Labute approximate surface area is 160 Å². The molecule has 0 aliphatic carbocycles. The van der Waals surface area contributed by atoms with Crippen molar-refractivity contribution in [3.8, 4) is 11.5 Å². The molecule has 0 radical (unpaired) electrons. The standard InChI is InChI=1S/C20H20F2N2O4/c1-2-9-26-14-5-3-12(4-6-14)17-10-13(24-28-17)11-27-16-8-7-15(21)18(19(16)22)20(23)25/h3-8,17H,2,9-11H2,1H3,(H2,23,25). The molecule has 0 saturated carbocycles. The summed E-state index contributed by atoms with van der Waals surface area (Å²) in [7, 11) is 0. The maximum absolute atomic E-state index is 14.2. The first-order valence-corrected chi connectivity index (χ1v) is 8.84. The summed E-state index contributed by atoms with van der Waals surface area (Å²) in [4.78, 5) is 16.6. The summed E-state index contributed by atoms with van der Waals surface area (Å²) in [6, 6.07) is 9.54. The number of nitrogens with zero attached hydrogens (tertiary/aromatic N) is 1. The summed E-state index contributed by atoms with van der Waals surface area (Å²) in [6.07, 6.45) is 1.11. The van der Waals surface area contributed by atoms with Gasteiger partial charge in [-0.2, -0.15) is 0 Å². The number of rotatable bonds is 8. The molecule has 2 aromatic carbocycles. The van der Waals surface area contributed by atoms with E-state index in [4.69, 9.17) is 20.0 Å². The molecule has 2 N–H and O–H groups in total. The van der Waals surface area contributed by atoms with Crippen LogP contribution in [0.5, 0.6) is 11.5 Å². The van der Waals surface area contributed by atoms with Crippen molar-refractivity contribution in [2.45, 2.75) is 25.9 Å². The van der Waals surface area contributed by atoms with Crippen molar-refractivity contribution in [2.24, 2.45) is 10.9 Å². The van der Waals surface area contributed by atoms with Crippen LogP contribution in [0.1, 0.15) is 41.8 Å². The first kappa shape index (κ1) is 19.6. The van der Waals surface area contributed by atoms with Gasteiger partial charge in [-0.25, -0.2) is 8.78 Å². The van der Waals surface area contributed by atoms with Gasteiger partial charge in [-0.05, 0) is 36.2 Å². The summed E-state index contributed by atoms with van der Waals surface area (Å²) in [5, 5.41) is 3.96. The molecule has 1 atom stereocenters. The van der Waals surface area contributed by atoms with Gasteiger partial charge >= 0.3 is 0 Å². The third kappa shape index (κ3) is 4.39. The summed E-state index contributed by atoms with van der Waals surface area (Å²) in [5.41, 5.74) is 5.65. The molecule has 148 valence electrons. The van der Waals surface area contributed by atoms with Crippen LogP contribution >= 0.6 is 0 Å². The highest BCUT2D eigenvalue weighted by Gasteiger charge is 2.24. The van der Waals surface area contributed by atoms with E-state index in [1.54, 1.807) is 0 Å². The molecule has 1 heterocycles. The van der Waals surface area contributed by atoms with Gasteiger partial charge in [-0.15, -0.1) is 0 Å². The van der Waals surface area contributed by atoms with Crippen LogP contribution in [0.4, 0.5) is 8.78 Å². The Morgan fingerprint density at radius 1 is 1.21 bits per heavy atom. The third-order valence-electron chi connectivity index (χ3n) is 4.15. The van der Waals surface area contributed by atoms with E-state index in [-0.39, 0.29) is 18.5 Å². The van der Waals surface area contributed by atoms with Crippen LogP contribution in [0.25, 0.3) is 0 Å². The van der Waals surface area contributed by atoms with E-state index in [0.717, 1.165) is 29.9 Å². The first-order chi connectivity index (χ1) is 13.5. The minimum absolute atomic E-state index is 0.0606. The molecule has 0 spiro atoms. The zero-order valence-electron chi connectivity index (χ0n) is 15.3. The predicted octanol–water partition coefficient (Wildman–Crippen LogP) is 3.75. The highest BCUT2D eigenvalue weighted by atomic mass is 19.1. The van der Waals surface area contributed by atoms with Crippen LogP contribution in [-0.4, -0.2) is 24.8 Å². The average Bonchev–Trinajstić information content (AvgIpc) is 3.15. The lowest BCUT2D eigenvalue weighted by Gasteiger charge is -2.11. The number of oxime groups is 1. The number of hydrogen-bond donors (Lipinski definition) is 1. The first-order valence-electron chi connectivity index (χ1n) is 8.84. The molecular formula is C20H20F2N2O4. The fourth-order valence-corrected chi connectivity index (χ4v) is 2.72. The lowest BCUT2D eigenvalue weighted by molar-refractivity contribution is 0.0856. The monoisotopic (exact) mass is 390 g/mol. The number of carbonyl (C=O) groups excluding carboxylic acids is 1. The molecule has 8 heteroatoms. The smallest absolute Gasteiger partial charge is 0.254 e. The van der Waals surface area contributed by atoms with E-state index in [1.807, 2.05) is 31.2 Å². The van der Waals surface area contributed by atoms with Gasteiger partial charge in [0.15, 0.2) is 17.7 Å². The van der Waals surface area contributed by atoms with Gasteiger partial charge in [-0.1, -0.05) is 24.2 Å². The van der Waals surface area contributed by atoms with Crippen LogP contribution in [0, 0.1) is 11.6 Å². The molecule has 1 unspecified atom stereocenters. The summed E-state index contributed by atoms with van der Waals surface area (Å²) in [5.74, 6) is -2.87. The number of primary amides is 1. The fourth-order valence-electron chi connectivity index (χ4n) is 2.72. The molecule has 0 saturated heterocycles. The maximum Gasteiger partial charge on any atom is 0.254 e. The van der Waals surface area contributed by atoms with E-state index in [0.29, 0.717) is 18.7 Å². The molecule has 0 fully saturated rings. The Kier molecular flexibility index (Phi) is 6.08. The van der Waals surface area contributed by atoms with Crippen molar-refractivity contribution in [3.05, 3.63) is 59.2 Å². The third-order valence-corrected chi connectivity index (χ3v) is 4.15. The van der Waals surface area contributed by atoms with Crippen molar-refractivity contribution in [2.75, 3.05) is 13.2 Å². The Morgan fingerprint density at radius 2 is 1.96 bits per heavy atom. The second-order valence-electron chi connectivity index (χ2n) is 6.26. The van der Waals surface area contributed by atoms with Gasteiger partial charge in [0.05, 0.1) is 12.3 Å². The normalized spacial score (nSPS) is 15.7. The van der Waals surface area contributed by atoms with Gasteiger partial charge in [-0.3, -0.25) is 4.79 Å². The number of nitrogens with two attached hydrogens (primary N) is 1. The van der Waals surface area contributed by atoms with Gasteiger partial charge in [0.1, 0.15) is 23.7 Å². The van der Waals surface area contributed by atoms with Crippen molar-refractivity contribution < 1.29 is 27.9 Å². The molecule has 28 heavy (non-hydrogen) atoms. The van der Waals surface area contributed by atoms with Crippen molar-refractivity contribution in [1.29, 1.82) is 0 Å². The van der Waals surface area contributed by atoms with Gasteiger partial charge in [0, 0.05) is 6.42 Å². The van der Waals surface area contributed by atoms with E-state index in [9.17, 15) is 13.6 Å². The van der Waals surface area contributed by atoms with Crippen molar-refractivity contribution >= 4 is 11.6 Å². The molecular weight excluding hydrogens is 370 g/mol. The lowest BCUT2D eigenvalue weighted by atomic mass is 10.0. The SMILES string of the molecule is CCCOc1ccc(C2CC(COc3ccc(F)c(C(N)=O)c3F)=NO2)cc1. The molecule has 1 amide bonds. The Morgan fingerprint density at radius 3 is 2.64 bits per heavy atom. The van der Waals surface area contributed by atoms with Crippen LogP contribution in [-0.2, 0) is 4.84 Å². The molecule has 0 bridgehead atoms. The van der Waals surface area contributed by atoms with Crippen LogP contribution in [0.15, 0.2) is 41.6 Å². The van der Waals surface area contributed by atoms with Crippen LogP contribution in [0.2, 0.25) is 0 Å². The Bertz CT molecular complexity index is 885. The molecule has 1 aliphatic heterocycles. The van der Waals surface area contributed by atoms with Crippen molar-refractivity contribution in [3.63, 3.8) is 0 Å². The largest absolute Gasteiger partial charge is 0.494 e. The zero-order chi connectivity index (χ0) is 20.1. The second kappa shape index (κ2) is 8.69. The predicted molar refractivity (Wildman–Crippen MR) is 98.5 cm³/mol. The number of benzene rings is 2. The fraction of sp³-hybridized carbons (Fsp3) is 0.300. The number of hydrogen-bond acceptors (Lipinski definition) is 5. The average molecular weight is 390 g/mol. The van der Waals surface area contributed by atoms with Crippen LogP contribution in [0.3, 0.4) is 0 Å². The van der Waals surface area contributed by atoms with Gasteiger partial charge in [0.2, 0.25) is 0 Å². The van der Waals surface area contributed by atoms with E-state index >= 15 is 0 Å². The summed E-state index contributed by atoms with van der Waals surface area (Å²) < 4.78 is 38.6. The van der Waals surface area contributed by atoms with Crippen molar-refractivity contribution in [1.82, 2.24) is 0 Å². The van der Waals surface area contributed by atoms with E-state index < -0.39 is 23.1 Å². The van der Waals surface area contributed by atoms with Gasteiger partial charge in [0.25, 0.3) is 5.91 Å². The number of halogens is 2. The zero-order valence-corrected chi connectivity index (χ0v) is 15.3. The minimum Gasteiger partial charge on any atom is -0.494 e. The van der Waals surface area contributed by atoms with E-state index in [2.05, 4.69) is 5.16 Å². The number of amides is 1. The molecule has 1 aliphatic rings. The van der Waals surface area contributed by atoms with E-state index in [1.165, 1.54) is 0 Å². The Balaban J connectivity index is 1.58. The second-order valence-corrected chi connectivity index (χ2v) is 6.26. The topological polar surface area (TPSA) is 83.1 Å². The molecule has 2 aromatic rings. The Hall–Kier alpha value is -3.16. The lowest BCUT2D eigenvalue weighted by Crippen LogP contribution is -2.17. The number of carbonyl (C=O) groups is 1. The highest BCUT2D eigenvalue weighted by molar-refractivity contribution is 5.94.